The molecule has 106 valence electrons. The van der Waals surface area contributed by atoms with Gasteiger partial charge in [-0.25, -0.2) is 0 Å². The van der Waals surface area contributed by atoms with Crippen LogP contribution in [0.3, 0.4) is 0 Å². The summed E-state index contributed by atoms with van der Waals surface area (Å²) >= 11 is 0.789. The molecule has 9 heteroatoms. The number of hydrogen-bond donors (Lipinski definition) is 0. The zero-order valence-electron chi connectivity index (χ0n) is 9.89. The lowest BCUT2D eigenvalue weighted by Gasteiger charge is -2.22. The second kappa shape index (κ2) is 4.78. The molecule has 19 heavy (non-hydrogen) atoms. The van der Waals surface area contributed by atoms with Gasteiger partial charge in [-0.1, -0.05) is 0 Å². The van der Waals surface area contributed by atoms with Crippen molar-refractivity contribution in [3.05, 3.63) is 0 Å². The van der Waals surface area contributed by atoms with E-state index in [0.717, 1.165) is 37.8 Å². The lowest BCUT2D eigenvalue weighted by molar-refractivity contribution is -0.154. The third-order valence-electron chi connectivity index (χ3n) is 3.34. The van der Waals surface area contributed by atoms with Crippen LogP contribution in [0.5, 0.6) is 11.8 Å². The monoisotopic (exact) mass is 295 g/mol. The second-order valence-electron chi connectivity index (χ2n) is 4.74. The zero-order chi connectivity index (χ0) is 13.5. The maximum atomic E-state index is 12.1. The number of alkyl halides is 3. The van der Waals surface area contributed by atoms with E-state index in [-0.39, 0.29) is 17.9 Å². The van der Waals surface area contributed by atoms with E-state index in [0.29, 0.717) is 5.92 Å². The number of hydrogen-bond acceptors (Lipinski definition) is 6. The van der Waals surface area contributed by atoms with Crippen LogP contribution in [0.2, 0.25) is 0 Å². The Balaban J connectivity index is 1.61. The lowest BCUT2D eigenvalue weighted by Crippen LogP contribution is -2.32. The minimum absolute atomic E-state index is 0.0223. The Morgan fingerprint density at radius 3 is 2.68 bits per heavy atom. The minimum atomic E-state index is -4.39. The van der Waals surface area contributed by atoms with Crippen molar-refractivity contribution in [3.8, 4) is 11.8 Å². The van der Waals surface area contributed by atoms with Crippen LogP contribution in [0.4, 0.5) is 13.2 Å². The Hall–Kier alpha value is -1.09. The molecule has 1 aromatic heterocycles. The quantitative estimate of drug-likeness (QED) is 0.843. The smallest absolute Gasteiger partial charge is 0.422 e. The molecule has 0 saturated carbocycles. The van der Waals surface area contributed by atoms with Crippen molar-refractivity contribution in [1.82, 2.24) is 13.6 Å². The van der Waals surface area contributed by atoms with Gasteiger partial charge in [0.25, 0.3) is 11.8 Å². The Morgan fingerprint density at radius 2 is 2.05 bits per heavy atom. The van der Waals surface area contributed by atoms with E-state index in [4.69, 9.17) is 4.74 Å². The molecular formula is C10H12F3N3O2S. The number of nitrogens with zero attached hydrogens (tertiary/aromatic N) is 3. The molecule has 2 saturated heterocycles. The topological polar surface area (TPSA) is 47.5 Å². The normalized spacial score (nSPS) is 29.7. The first-order valence-corrected chi connectivity index (χ1v) is 6.65. The van der Waals surface area contributed by atoms with Gasteiger partial charge in [0, 0.05) is 19.0 Å². The molecule has 0 amide bonds. The Bertz CT molecular complexity index is 453. The third kappa shape index (κ3) is 2.92. The molecule has 0 radical (unpaired) electrons. The zero-order valence-corrected chi connectivity index (χ0v) is 10.7. The summed E-state index contributed by atoms with van der Waals surface area (Å²) in [5.74, 6) is 0.338. The molecule has 3 unspecified atom stereocenters. The van der Waals surface area contributed by atoms with Gasteiger partial charge >= 0.3 is 6.18 Å². The van der Waals surface area contributed by atoms with Crippen LogP contribution in [0.15, 0.2) is 0 Å². The van der Waals surface area contributed by atoms with Crippen LogP contribution >= 0.6 is 11.7 Å². The molecule has 0 aliphatic carbocycles. The number of ether oxygens (including phenoxy) is 2. The molecule has 0 aromatic carbocycles. The molecular weight excluding hydrogens is 283 g/mol. The highest BCUT2D eigenvalue weighted by molar-refractivity contribution is 6.99. The SMILES string of the molecule is FC(F)(F)COc1nsnc1OC1CN2CCC1C2. The van der Waals surface area contributed by atoms with Crippen molar-refractivity contribution in [1.29, 1.82) is 0 Å². The molecule has 0 N–H and O–H groups in total. The predicted molar refractivity (Wildman–Crippen MR) is 60.4 cm³/mol. The average Bonchev–Trinajstić information content (AvgIpc) is 3.01. The Morgan fingerprint density at radius 1 is 1.26 bits per heavy atom. The van der Waals surface area contributed by atoms with E-state index >= 15 is 0 Å². The highest BCUT2D eigenvalue weighted by atomic mass is 32.1. The highest BCUT2D eigenvalue weighted by Gasteiger charge is 2.40. The maximum absolute atomic E-state index is 12.1. The fraction of sp³-hybridized carbons (Fsp3) is 0.800. The molecule has 2 fully saturated rings. The summed E-state index contributed by atoms with van der Waals surface area (Å²) in [6, 6.07) is 0. The molecule has 3 atom stereocenters. The molecule has 5 nitrogen and oxygen atoms in total. The number of halogens is 3. The number of piperidine rings is 1. The minimum Gasteiger partial charge on any atom is -0.468 e. The van der Waals surface area contributed by atoms with Gasteiger partial charge in [-0.2, -0.15) is 13.2 Å². The van der Waals surface area contributed by atoms with E-state index in [1.165, 1.54) is 0 Å². The van der Waals surface area contributed by atoms with Gasteiger partial charge in [0.2, 0.25) is 0 Å². The molecule has 2 aliphatic rings. The third-order valence-corrected chi connectivity index (χ3v) is 3.83. The Kier molecular flexibility index (Phi) is 3.25. The second-order valence-corrected chi connectivity index (χ2v) is 5.27. The largest absolute Gasteiger partial charge is 0.468 e. The molecule has 2 aliphatic heterocycles. The first-order valence-electron chi connectivity index (χ1n) is 5.92. The molecule has 2 bridgehead atoms. The van der Waals surface area contributed by atoms with Gasteiger partial charge in [0.05, 0.1) is 11.7 Å². The first kappa shape index (κ1) is 12.9. The number of rotatable bonds is 4. The van der Waals surface area contributed by atoms with Crippen molar-refractivity contribution in [2.75, 3.05) is 26.2 Å². The number of aromatic nitrogens is 2. The van der Waals surface area contributed by atoms with Crippen LogP contribution in [0.25, 0.3) is 0 Å². The van der Waals surface area contributed by atoms with Crippen LogP contribution in [-0.2, 0) is 0 Å². The van der Waals surface area contributed by atoms with Gasteiger partial charge in [-0.15, -0.1) is 8.75 Å². The summed E-state index contributed by atoms with van der Waals surface area (Å²) in [6.07, 6.45) is -3.36. The van der Waals surface area contributed by atoms with Gasteiger partial charge in [0.1, 0.15) is 6.10 Å². The van der Waals surface area contributed by atoms with E-state index in [1.807, 2.05) is 0 Å². The predicted octanol–water partition coefficient (Wildman–Crippen LogP) is 1.56. The first-order chi connectivity index (χ1) is 9.01. The van der Waals surface area contributed by atoms with E-state index in [9.17, 15) is 13.2 Å². The standard InChI is InChI=1S/C10H12F3N3O2S/c11-10(12,13)5-17-8-9(15-19-14-8)18-7-4-16-2-1-6(7)3-16/h6-7H,1-5H2. The molecule has 3 heterocycles. The fourth-order valence-electron chi connectivity index (χ4n) is 2.50. The van der Waals surface area contributed by atoms with Gasteiger partial charge < -0.3 is 9.47 Å². The van der Waals surface area contributed by atoms with Crippen molar-refractivity contribution >= 4 is 11.7 Å². The van der Waals surface area contributed by atoms with E-state index < -0.39 is 12.8 Å². The van der Waals surface area contributed by atoms with Crippen LogP contribution in [-0.4, -0.2) is 52.2 Å². The van der Waals surface area contributed by atoms with Crippen LogP contribution < -0.4 is 9.47 Å². The van der Waals surface area contributed by atoms with Crippen molar-refractivity contribution in [3.63, 3.8) is 0 Å². The molecule has 0 spiro atoms. The maximum Gasteiger partial charge on any atom is 0.422 e. The Labute approximate surface area is 111 Å². The number of fused-ring (bicyclic) bond motifs is 2. The van der Waals surface area contributed by atoms with Crippen molar-refractivity contribution in [2.24, 2.45) is 5.92 Å². The summed E-state index contributed by atoms with van der Waals surface area (Å²) in [5.41, 5.74) is 0. The van der Waals surface area contributed by atoms with Gasteiger partial charge in [-0.3, -0.25) is 4.90 Å². The molecule has 1 aromatic rings. The van der Waals surface area contributed by atoms with Gasteiger partial charge in [-0.05, 0) is 13.0 Å². The van der Waals surface area contributed by atoms with E-state index in [2.05, 4.69) is 18.4 Å². The summed E-state index contributed by atoms with van der Waals surface area (Å²) in [5, 5.41) is 0. The molecule has 3 rings (SSSR count). The summed E-state index contributed by atoms with van der Waals surface area (Å²) < 4.78 is 54.1. The average molecular weight is 295 g/mol. The summed E-state index contributed by atoms with van der Waals surface area (Å²) in [7, 11) is 0. The van der Waals surface area contributed by atoms with Crippen LogP contribution in [0.1, 0.15) is 6.42 Å². The van der Waals surface area contributed by atoms with Crippen molar-refractivity contribution in [2.45, 2.75) is 18.7 Å². The summed E-state index contributed by atoms with van der Waals surface area (Å²) in [4.78, 5) is 2.27. The van der Waals surface area contributed by atoms with Crippen molar-refractivity contribution < 1.29 is 22.6 Å². The van der Waals surface area contributed by atoms with Crippen LogP contribution in [0, 0.1) is 5.92 Å². The van der Waals surface area contributed by atoms with E-state index in [1.54, 1.807) is 0 Å². The fourth-order valence-corrected chi connectivity index (χ4v) is 2.94. The van der Waals surface area contributed by atoms with Gasteiger partial charge in [0.15, 0.2) is 6.61 Å². The summed E-state index contributed by atoms with van der Waals surface area (Å²) in [6.45, 7) is 1.47. The highest BCUT2D eigenvalue weighted by Crippen LogP contribution is 2.34. The lowest BCUT2D eigenvalue weighted by atomic mass is 10.0.